The van der Waals surface area contributed by atoms with E-state index in [1.54, 1.807) is 0 Å². The van der Waals surface area contributed by atoms with Crippen LogP contribution in [0.25, 0.3) is 0 Å². The van der Waals surface area contributed by atoms with Crippen molar-refractivity contribution in [2.45, 2.75) is 13.3 Å². The van der Waals surface area contributed by atoms with Gasteiger partial charge in [0.05, 0.1) is 0 Å². The van der Waals surface area contributed by atoms with Gasteiger partial charge in [-0.2, -0.15) is 0 Å². The summed E-state index contributed by atoms with van der Waals surface area (Å²) in [5.41, 5.74) is 0. The number of hydrogen-bond donors (Lipinski definition) is 0. The number of thiocarbonyl (C=S) groups is 1. The van der Waals surface area contributed by atoms with E-state index >= 15 is 0 Å². The van der Waals surface area contributed by atoms with Gasteiger partial charge in [0, 0.05) is 6.42 Å². The molecule has 8 heavy (non-hydrogen) atoms. The molecule has 0 fully saturated rings. The summed E-state index contributed by atoms with van der Waals surface area (Å²) >= 11 is 4.10. The predicted molar refractivity (Wildman–Crippen MR) is 27.9 cm³/mol. The number of ketones is 1. The van der Waals surface area contributed by atoms with Crippen molar-refractivity contribution < 1.29 is 39.5 Å². The zero-order chi connectivity index (χ0) is 5.86. The molecule has 40 valence electrons. The van der Waals surface area contributed by atoms with Crippen LogP contribution in [0.5, 0.6) is 0 Å². The Balaban J connectivity index is 0. The molecule has 0 aromatic rings. The molecule has 0 bridgehead atoms. The van der Waals surface area contributed by atoms with Crippen molar-refractivity contribution in [3.8, 4) is 0 Å². The van der Waals surface area contributed by atoms with E-state index in [2.05, 4.69) is 12.2 Å². The molecule has 0 aromatic carbocycles. The Morgan fingerprint density at radius 3 is 2.12 bits per heavy atom. The number of Topliss-reactive ketones (excluding diaryl/α,β-unsaturated/α-hetero) is 1. The molecule has 0 heterocycles. The second-order valence-electron chi connectivity index (χ2n) is 1.25. The molecule has 0 N–H and O–H groups in total. The average Bonchev–Trinajstić information content (AvgIpc) is 1.27. The topological polar surface area (TPSA) is 40.1 Å². The van der Waals surface area contributed by atoms with Crippen molar-refractivity contribution in [3.05, 3.63) is 0 Å². The SMILES string of the molecule is CC(=O)CC([O-])=S.[Na+]. The Morgan fingerprint density at radius 1 is 1.75 bits per heavy atom. The van der Waals surface area contributed by atoms with Gasteiger partial charge >= 0.3 is 29.6 Å². The van der Waals surface area contributed by atoms with Gasteiger partial charge in [-0.3, -0.25) is 4.79 Å². The Kier molecular flexibility index (Phi) is 8.09. The first-order chi connectivity index (χ1) is 3.13. The predicted octanol–water partition coefficient (Wildman–Crippen LogP) is -3.34. The van der Waals surface area contributed by atoms with E-state index in [4.69, 9.17) is 0 Å². The largest absolute Gasteiger partial charge is 1.00 e. The monoisotopic (exact) mass is 140 g/mol. The van der Waals surface area contributed by atoms with Crippen LogP contribution < -0.4 is 34.7 Å². The Labute approximate surface area is 75.6 Å². The van der Waals surface area contributed by atoms with Gasteiger partial charge in [0.2, 0.25) is 0 Å². The second-order valence-corrected chi connectivity index (χ2v) is 1.71. The van der Waals surface area contributed by atoms with Crippen molar-refractivity contribution in [2.24, 2.45) is 0 Å². The van der Waals surface area contributed by atoms with E-state index in [1.165, 1.54) is 6.92 Å². The van der Waals surface area contributed by atoms with Crippen LogP contribution in [0.4, 0.5) is 0 Å². The maximum atomic E-state index is 9.97. The van der Waals surface area contributed by atoms with Crippen molar-refractivity contribution in [1.82, 2.24) is 0 Å². The van der Waals surface area contributed by atoms with Crippen LogP contribution in [0.1, 0.15) is 13.3 Å². The Hall–Kier alpha value is 0.560. The zero-order valence-electron chi connectivity index (χ0n) is 4.93. The zero-order valence-corrected chi connectivity index (χ0v) is 7.75. The summed E-state index contributed by atoms with van der Waals surface area (Å²) in [5, 5.41) is 9.37. The molecule has 0 aliphatic heterocycles. The van der Waals surface area contributed by atoms with Crippen molar-refractivity contribution in [1.29, 1.82) is 0 Å². The molecule has 0 amide bonds. The summed E-state index contributed by atoms with van der Waals surface area (Å²) in [6, 6.07) is 0. The maximum Gasteiger partial charge on any atom is 1.00 e. The van der Waals surface area contributed by atoms with E-state index in [-0.39, 0.29) is 41.8 Å². The number of rotatable bonds is 2. The molecular formula is C4H5NaO2S. The van der Waals surface area contributed by atoms with Gasteiger partial charge < -0.3 is 5.11 Å². The summed E-state index contributed by atoms with van der Waals surface area (Å²) in [5.74, 6) is -0.167. The minimum absolute atomic E-state index is 0. The van der Waals surface area contributed by atoms with Crippen LogP contribution in [0.2, 0.25) is 0 Å². The molecule has 0 saturated heterocycles. The fourth-order valence-corrected chi connectivity index (χ4v) is 0.407. The standard InChI is InChI=1S/C4H6O2S.Na/c1-3(5)2-4(6)7;/h2H2,1H3,(H,6,7);/q;+1/p-1. The molecule has 0 radical (unpaired) electrons. The summed E-state index contributed by atoms with van der Waals surface area (Å²) in [4.78, 5) is 9.97. The molecule has 0 aliphatic carbocycles. The first kappa shape index (κ1) is 11.4. The van der Waals surface area contributed by atoms with Gasteiger partial charge in [-0.15, -0.1) is 12.2 Å². The molecule has 4 heteroatoms. The third-order valence-electron chi connectivity index (χ3n) is 0.393. The first-order valence-electron chi connectivity index (χ1n) is 1.82. The van der Waals surface area contributed by atoms with Crippen LogP contribution in [-0.2, 0) is 4.79 Å². The molecule has 0 spiro atoms. The third kappa shape index (κ3) is 9.75. The maximum absolute atomic E-state index is 9.97. The van der Waals surface area contributed by atoms with Gasteiger partial charge in [-0.1, -0.05) is 5.05 Å². The fraction of sp³-hybridized carbons (Fsp3) is 0.500. The molecule has 0 unspecified atom stereocenters. The van der Waals surface area contributed by atoms with Crippen LogP contribution in [0.15, 0.2) is 0 Å². The number of hydrogen-bond acceptors (Lipinski definition) is 3. The van der Waals surface area contributed by atoms with Crippen LogP contribution in [-0.4, -0.2) is 10.8 Å². The van der Waals surface area contributed by atoms with Crippen LogP contribution >= 0.6 is 12.2 Å². The smallest absolute Gasteiger partial charge is 0.867 e. The molecule has 0 atom stereocenters. The summed E-state index contributed by atoms with van der Waals surface area (Å²) < 4.78 is 0. The first-order valence-corrected chi connectivity index (χ1v) is 2.23. The minimum Gasteiger partial charge on any atom is -0.867 e. The summed E-state index contributed by atoms with van der Waals surface area (Å²) in [6.07, 6.45) is -0.102. The Bertz CT molecular complexity index is 90.2. The fourth-order valence-electron chi connectivity index (χ4n) is 0.203. The molecule has 0 saturated carbocycles. The van der Waals surface area contributed by atoms with Crippen molar-refractivity contribution in [2.75, 3.05) is 0 Å². The van der Waals surface area contributed by atoms with Gasteiger partial charge in [0.25, 0.3) is 0 Å². The molecular weight excluding hydrogens is 135 g/mol. The van der Waals surface area contributed by atoms with Crippen LogP contribution in [0, 0.1) is 0 Å². The Morgan fingerprint density at radius 2 is 2.12 bits per heavy atom. The molecule has 0 rings (SSSR count). The number of carbonyl (C=O) groups is 1. The average molecular weight is 140 g/mol. The van der Waals surface area contributed by atoms with Gasteiger partial charge in [-0.05, 0) is 6.92 Å². The van der Waals surface area contributed by atoms with E-state index in [9.17, 15) is 9.90 Å². The third-order valence-corrected chi connectivity index (χ3v) is 0.538. The number of carbonyl (C=O) groups excluding carboxylic acids is 1. The van der Waals surface area contributed by atoms with E-state index in [1.807, 2.05) is 0 Å². The van der Waals surface area contributed by atoms with Gasteiger partial charge in [-0.25, -0.2) is 0 Å². The summed E-state index contributed by atoms with van der Waals surface area (Å²) in [7, 11) is 0. The second kappa shape index (κ2) is 5.69. The van der Waals surface area contributed by atoms with Gasteiger partial charge in [0.15, 0.2) is 0 Å². The quantitative estimate of drug-likeness (QED) is 0.297. The van der Waals surface area contributed by atoms with Crippen LogP contribution in [0.3, 0.4) is 0 Å². The van der Waals surface area contributed by atoms with Crippen molar-refractivity contribution in [3.63, 3.8) is 0 Å². The minimum atomic E-state index is -0.479. The summed E-state index contributed by atoms with van der Waals surface area (Å²) in [6.45, 7) is 1.34. The molecule has 0 aromatic heterocycles. The molecule has 0 aliphatic rings. The van der Waals surface area contributed by atoms with E-state index in [0.29, 0.717) is 0 Å². The van der Waals surface area contributed by atoms with E-state index < -0.39 is 5.05 Å². The van der Waals surface area contributed by atoms with E-state index in [0.717, 1.165) is 0 Å². The normalized spacial score (nSPS) is 7.12. The van der Waals surface area contributed by atoms with Gasteiger partial charge in [0.1, 0.15) is 5.78 Å². The van der Waals surface area contributed by atoms with Crippen molar-refractivity contribution >= 4 is 23.1 Å². The molecule has 2 nitrogen and oxygen atoms in total.